The third-order valence-electron chi connectivity index (χ3n) is 3.33. The molecule has 1 aromatic rings. The van der Waals surface area contributed by atoms with Crippen LogP contribution in [0.25, 0.3) is 6.08 Å². The van der Waals surface area contributed by atoms with E-state index >= 15 is 0 Å². The van der Waals surface area contributed by atoms with Crippen molar-refractivity contribution in [2.24, 2.45) is 7.05 Å². The fraction of sp³-hybridized carbons (Fsp3) is 0.462. The smallest absolute Gasteiger partial charge is 0.326 e. The van der Waals surface area contributed by atoms with E-state index in [4.69, 9.17) is 5.11 Å². The normalized spacial score (nSPS) is 19.8. The zero-order chi connectivity index (χ0) is 13.8. The Balaban J connectivity index is 2.08. The summed E-state index contributed by atoms with van der Waals surface area (Å²) in [5, 5.41) is 13.1. The summed E-state index contributed by atoms with van der Waals surface area (Å²) >= 11 is 0. The first-order valence-electron chi connectivity index (χ1n) is 6.29. The number of likely N-dealkylation sites (tertiary alicyclic amines) is 1. The number of piperidine rings is 1. The summed E-state index contributed by atoms with van der Waals surface area (Å²) in [5.74, 6) is -1.18. The molecule has 0 saturated carbocycles. The van der Waals surface area contributed by atoms with Gasteiger partial charge in [0.1, 0.15) is 6.04 Å². The van der Waals surface area contributed by atoms with Gasteiger partial charge in [0.15, 0.2) is 0 Å². The summed E-state index contributed by atoms with van der Waals surface area (Å²) in [6.07, 6.45) is 6.95. The number of carbonyl (C=O) groups excluding carboxylic acids is 1. The summed E-state index contributed by atoms with van der Waals surface area (Å²) in [7, 11) is 1.78. The predicted octanol–water partition coefficient (Wildman–Crippen LogP) is 0.899. The predicted molar refractivity (Wildman–Crippen MR) is 69.2 cm³/mol. The number of carbonyl (C=O) groups is 2. The van der Waals surface area contributed by atoms with Crippen LogP contribution in [0.3, 0.4) is 0 Å². The van der Waals surface area contributed by atoms with Crippen molar-refractivity contribution in [1.82, 2.24) is 14.7 Å². The topological polar surface area (TPSA) is 75.4 Å². The van der Waals surface area contributed by atoms with Crippen molar-refractivity contribution >= 4 is 18.0 Å². The number of hydrogen-bond donors (Lipinski definition) is 1. The first-order valence-corrected chi connectivity index (χ1v) is 6.29. The van der Waals surface area contributed by atoms with Crippen LogP contribution in [0.5, 0.6) is 0 Å². The van der Waals surface area contributed by atoms with Crippen molar-refractivity contribution in [1.29, 1.82) is 0 Å². The lowest BCUT2D eigenvalue weighted by molar-refractivity contribution is -0.150. The maximum absolute atomic E-state index is 12.1. The number of rotatable bonds is 3. The van der Waals surface area contributed by atoms with Gasteiger partial charge in [-0.3, -0.25) is 9.48 Å². The van der Waals surface area contributed by atoms with Gasteiger partial charge in [0, 0.05) is 25.9 Å². The molecule has 0 bridgehead atoms. The minimum Gasteiger partial charge on any atom is -0.480 e. The van der Waals surface area contributed by atoms with Crippen molar-refractivity contribution in [2.75, 3.05) is 6.54 Å². The molecule has 1 aromatic heterocycles. The van der Waals surface area contributed by atoms with Crippen molar-refractivity contribution in [2.45, 2.75) is 25.3 Å². The number of carboxylic acid groups (broad SMARTS) is 1. The van der Waals surface area contributed by atoms with Crippen molar-refractivity contribution < 1.29 is 14.7 Å². The Bertz CT molecular complexity index is 507. The van der Waals surface area contributed by atoms with Gasteiger partial charge in [-0.25, -0.2) is 4.79 Å². The van der Waals surface area contributed by atoms with Crippen molar-refractivity contribution in [3.63, 3.8) is 0 Å². The molecular weight excluding hydrogens is 246 g/mol. The Kier molecular flexibility index (Phi) is 3.99. The van der Waals surface area contributed by atoms with E-state index in [1.807, 2.05) is 0 Å². The highest BCUT2D eigenvalue weighted by Crippen LogP contribution is 2.17. The number of amides is 1. The number of carboxylic acids is 1. The fourth-order valence-electron chi connectivity index (χ4n) is 2.25. The van der Waals surface area contributed by atoms with Crippen LogP contribution < -0.4 is 0 Å². The molecule has 1 saturated heterocycles. The minimum atomic E-state index is -0.929. The molecule has 1 N–H and O–H groups in total. The zero-order valence-corrected chi connectivity index (χ0v) is 10.8. The summed E-state index contributed by atoms with van der Waals surface area (Å²) in [5.41, 5.74) is 0.803. The largest absolute Gasteiger partial charge is 0.480 e. The molecule has 1 atom stereocenters. The molecule has 6 heteroatoms. The number of aryl methyl sites for hydroxylation is 1. The maximum atomic E-state index is 12.1. The second kappa shape index (κ2) is 5.69. The third-order valence-corrected chi connectivity index (χ3v) is 3.33. The van der Waals surface area contributed by atoms with Gasteiger partial charge in [-0.1, -0.05) is 0 Å². The van der Waals surface area contributed by atoms with Gasteiger partial charge >= 0.3 is 5.97 Å². The SMILES string of the molecule is Cn1nccc1/C=C\C(=O)N1CCCC[C@H]1C(=O)O. The minimum absolute atomic E-state index is 0.256. The van der Waals surface area contributed by atoms with Crippen LogP contribution in [0.15, 0.2) is 18.3 Å². The van der Waals surface area contributed by atoms with E-state index in [0.29, 0.717) is 13.0 Å². The summed E-state index contributed by atoms with van der Waals surface area (Å²) < 4.78 is 1.65. The van der Waals surface area contributed by atoms with Crippen LogP contribution >= 0.6 is 0 Å². The molecular formula is C13H17N3O3. The molecule has 19 heavy (non-hydrogen) atoms. The third kappa shape index (κ3) is 3.01. The van der Waals surface area contributed by atoms with E-state index in [-0.39, 0.29) is 5.91 Å². The Morgan fingerprint density at radius 3 is 2.89 bits per heavy atom. The molecule has 0 aromatic carbocycles. The lowest BCUT2D eigenvalue weighted by Crippen LogP contribution is -2.47. The van der Waals surface area contributed by atoms with Gasteiger partial charge in [0.2, 0.25) is 5.91 Å². The van der Waals surface area contributed by atoms with Gasteiger partial charge in [0.05, 0.1) is 5.69 Å². The molecule has 0 spiro atoms. The maximum Gasteiger partial charge on any atom is 0.326 e. The van der Waals surface area contributed by atoms with Crippen molar-refractivity contribution in [3.05, 3.63) is 24.0 Å². The van der Waals surface area contributed by atoms with Crippen LogP contribution in [0.1, 0.15) is 25.0 Å². The molecule has 1 aliphatic rings. The van der Waals surface area contributed by atoms with E-state index < -0.39 is 12.0 Å². The fourth-order valence-corrected chi connectivity index (χ4v) is 2.25. The zero-order valence-electron chi connectivity index (χ0n) is 10.8. The molecule has 2 rings (SSSR count). The van der Waals surface area contributed by atoms with E-state index in [0.717, 1.165) is 18.5 Å². The van der Waals surface area contributed by atoms with Gasteiger partial charge in [0.25, 0.3) is 0 Å². The van der Waals surface area contributed by atoms with Crippen LogP contribution in [-0.4, -0.2) is 44.3 Å². The average molecular weight is 263 g/mol. The Morgan fingerprint density at radius 1 is 1.47 bits per heavy atom. The summed E-state index contributed by atoms with van der Waals surface area (Å²) in [6, 6.07) is 1.09. The first-order chi connectivity index (χ1) is 9.09. The quantitative estimate of drug-likeness (QED) is 0.822. The number of aliphatic carboxylic acids is 1. The van der Waals surface area contributed by atoms with Gasteiger partial charge < -0.3 is 10.0 Å². The Morgan fingerprint density at radius 2 is 2.26 bits per heavy atom. The van der Waals surface area contributed by atoms with E-state index in [9.17, 15) is 9.59 Å². The van der Waals surface area contributed by atoms with Gasteiger partial charge in [-0.15, -0.1) is 0 Å². The van der Waals surface area contributed by atoms with Crippen LogP contribution in [0, 0.1) is 0 Å². The number of hydrogen-bond acceptors (Lipinski definition) is 3. The molecule has 0 aliphatic carbocycles. The lowest BCUT2D eigenvalue weighted by atomic mass is 10.0. The van der Waals surface area contributed by atoms with E-state index in [1.165, 1.54) is 11.0 Å². The van der Waals surface area contributed by atoms with Crippen LogP contribution in [0.4, 0.5) is 0 Å². The summed E-state index contributed by atoms with van der Waals surface area (Å²) in [4.78, 5) is 24.6. The Labute approximate surface area is 111 Å². The Hall–Kier alpha value is -2.11. The second-order valence-electron chi connectivity index (χ2n) is 4.59. The second-order valence-corrected chi connectivity index (χ2v) is 4.59. The van der Waals surface area contributed by atoms with E-state index in [1.54, 1.807) is 30.1 Å². The van der Waals surface area contributed by atoms with Gasteiger partial charge in [-0.05, 0) is 31.4 Å². The lowest BCUT2D eigenvalue weighted by Gasteiger charge is -2.32. The van der Waals surface area contributed by atoms with E-state index in [2.05, 4.69) is 5.10 Å². The molecule has 6 nitrogen and oxygen atoms in total. The van der Waals surface area contributed by atoms with Crippen molar-refractivity contribution in [3.8, 4) is 0 Å². The summed E-state index contributed by atoms with van der Waals surface area (Å²) in [6.45, 7) is 0.505. The van der Waals surface area contributed by atoms with Crippen LogP contribution in [-0.2, 0) is 16.6 Å². The monoisotopic (exact) mass is 263 g/mol. The molecule has 1 amide bonds. The molecule has 0 radical (unpaired) electrons. The molecule has 1 fully saturated rings. The number of aromatic nitrogens is 2. The highest BCUT2D eigenvalue weighted by atomic mass is 16.4. The highest BCUT2D eigenvalue weighted by Gasteiger charge is 2.30. The highest BCUT2D eigenvalue weighted by molar-refractivity contribution is 5.94. The standard InChI is InChI=1S/C13H17N3O3/c1-15-10(7-8-14-15)5-6-12(17)16-9-3-2-4-11(16)13(18)19/h5-8,11H,2-4,9H2,1H3,(H,18,19)/b6-5-/t11-/m0/s1. The average Bonchev–Trinajstić information content (AvgIpc) is 2.81. The molecule has 0 unspecified atom stereocenters. The number of nitrogens with zero attached hydrogens (tertiary/aromatic N) is 3. The van der Waals surface area contributed by atoms with Gasteiger partial charge in [-0.2, -0.15) is 5.10 Å². The molecule has 102 valence electrons. The molecule has 1 aliphatic heterocycles. The van der Waals surface area contributed by atoms with Crippen LogP contribution in [0.2, 0.25) is 0 Å². The first kappa shape index (κ1) is 13.3. The molecule has 2 heterocycles.